The molecule has 0 unspecified atom stereocenters. The fourth-order valence-electron chi connectivity index (χ4n) is 2.37. The van der Waals surface area contributed by atoms with Crippen molar-refractivity contribution in [3.05, 3.63) is 28.7 Å². The van der Waals surface area contributed by atoms with Gasteiger partial charge in [-0.15, -0.1) is 0 Å². The maximum Gasteiger partial charge on any atom is 0.323 e. The van der Waals surface area contributed by atoms with Gasteiger partial charge in [0, 0.05) is 18.1 Å². The van der Waals surface area contributed by atoms with Gasteiger partial charge < -0.3 is 14.9 Å². The minimum Gasteiger partial charge on any atom is -0.480 e. The summed E-state index contributed by atoms with van der Waals surface area (Å²) in [7, 11) is 1.39. The summed E-state index contributed by atoms with van der Waals surface area (Å²) in [6.45, 7) is 0.0381. The lowest BCUT2D eigenvalue weighted by Gasteiger charge is -2.20. The number of anilines is 1. The molecule has 1 heterocycles. The Hall–Kier alpha value is -1.89. The molecule has 112 valence electrons. The summed E-state index contributed by atoms with van der Waals surface area (Å²) in [5, 5.41) is 8.71. The fraction of sp³-hybridized carbons (Fsp3) is 0.357. The van der Waals surface area contributed by atoms with Crippen LogP contribution in [-0.2, 0) is 14.4 Å². The zero-order valence-electron chi connectivity index (χ0n) is 11.5. The molecular weight excluding hydrogens is 340 g/mol. The Kier molecular flexibility index (Phi) is 4.62. The lowest BCUT2D eigenvalue weighted by Crippen LogP contribution is -2.40. The number of benzene rings is 1. The molecule has 1 aromatic carbocycles. The second-order valence-corrected chi connectivity index (χ2v) is 5.72. The number of likely N-dealkylation sites (N-methyl/N-ethyl adjacent to an activating group) is 1. The SMILES string of the molecule is CN(CC(=O)O)C(=O)[C@H]1CCN(c2ccccc2Br)C1=O. The predicted octanol–water partition coefficient (Wildman–Crippen LogP) is 1.34. The smallest absolute Gasteiger partial charge is 0.323 e. The van der Waals surface area contributed by atoms with Crippen LogP contribution in [0.5, 0.6) is 0 Å². The van der Waals surface area contributed by atoms with Gasteiger partial charge in [-0.1, -0.05) is 12.1 Å². The van der Waals surface area contributed by atoms with Gasteiger partial charge in [0.15, 0.2) is 0 Å². The highest BCUT2D eigenvalue weighted by molar-refractivity contribution is 9.10. The minimum absolute atomic E-state index is 0.288. The molecule has 0 aromatic heterocycles. The highest BCUT2D eigenvalue weighted by Crippen LogP contribution is 2.31. The molecule has 0 bridgehead atoms. The van der Waals surface area contributed by atoms with E-state index in [1.165, 1.54) is 7.05 Å². The molecule has 1 aromatic rings. The van der Waals surface area contributed by atoms with Crippen molar-refractivity contribution >= 4 is 39.4 Å². The third-order valence-corrected chi connectivity index (χ3v) is 4.07. The highest BCUT2D eigenvalue weighted by atomic mass is 79.9. The second kappa shape index (κ2) is 6.26. The average Bonchev–Trinajstić information content (AvgIpc) is 2.79. The summed E-state index contributed by atoms with van der Waals surface area (Å²) in [5.74, 6) is -2.64. The normalized spacial score (nSPS) is 17.9. The van der Waals surface area contributed by atoms with Gasteiger partial charge in [0.05, 0.1) is 5.69 Å². The maximum absolute atomic E-state index is 12.4. The molecule has 1 fully saturated rings. The van der Waals surface area contributed by atoms with Gasteiger partial charge in [-0.3, -0.25) is 14.4 Å². The van der Waals surface area contributed by atoms with Gasteiger partial charge in [-0.2, -0.15) is 0 Å². The van der Waals surface area contributed by atoms with Crippen LogP contribution in [0.1, 0.15) is 6.42 Å². The minimum atomic E-state index is -1.10. The zero-order valence-corrected chi connectivity index (χ0v) is 13.0. The van der Waals surface area contributed by atoms with Gasteiger partial charge in [0.25, 0.3) is 0 Å². The number of carbonyl (C=O) groups excluding carboxylic acids is 2. The van der Waals surface area contributed by atoms with Gasteiger partial charge in [-0.25, -0.2) is 0 Å². The van der Waals surface area contributed by atoms with E-state index in [0.717, 1.165) is 15.1 Å². The number of rotatable bonds is 4. The van der Waals surface area contributed by atoms with E-state index in [2.05, 4.69) is 15.9 Å². The van der Waals surface area contributed by atoms with Crippen LogP contribution in [0.15, 0.2) is 28.7 Å². The van der Waals surface area contributed by atoms with Gasteiger partial charge in [0.1, 0.15) is 12.5 Å². The standard InChI is InChI=1S/C14H15BrN2O4/c1-16(8-12(18)19)13(20)9-6-7-17(14(9)21)11-5-3-2-4-10(11)15/h2-5,9H,6-8H2,1H3,(H,18,19)/t9-/m1/s1. The monoisotopic (exact) mass is 354 g/mol. The number of para-hydroxylation sites is 1. The molecule has 1 aliphatic heterocycles. The first-order valence-electron chi connectivity index (χ1n) is 6.44. The van der Waals surface area contributed by atoms with Crippen LogP contribution >= 0.6 is 15.9 Å². The van der Waals surface area contributed by atoms with Crippen LogP contribution in [0.2, 0.25) is 0 Å². The Balaban J connectivity index is 2.13. The van der Waals surface area contributed by atoms with Crippen LogP contribution in [0.3, 0.4) is 0 Å². The van der Waals surface area contributed by atoms with Crippen molar-refractivity contribution in [2.24, 2.45) is 5.92 Å². The van der Waals surface area contributed by atoms with Gasteiger partial charge in [0.2, 0.25) is 11.8 Å². The summed E-state index contributed by atoms with van der Waals surface area (Å²) in [6.07, 6.45) is 0.392. The van der Waals surface area contributed by atoms with Gasteiger partial charge >= 0.3 is 5.97 Å². The third-order valence-electron chi connectivity index (χ3n) is 3.40. The Morgan fingerprint density at radius 1 is 1.43 bits per heavy atom. The third kappa shape index (κ3) is 3.24. The fourth-order valence-corrected chi connectivity index (χ4v) is 2.86. The van der Waals surface area contributed by atoms with Crippen molar-refractivity contribution in [2.45, 2.75) is 6.42 Å². The Morgan fingerprint density at radius 2 is 2.10 bits per heavy atom. The number of halogens is 1. The molecule has 1 N–H and O–H groups in total. The molecule has 1 aliphatic rings. The molecule has 7 heteroatoms. The largest absolute Gasteiger partial charge is 0.480 e. The second-order valence-electron chi connectivity index (χ2n) is 4.87. The molecule has 0 spiro atoms. The van der Waals surface area contributed by atoms with E-state index in [-0.39, 0.29) is 5.91 Å². The van der Waals surface area contributed by atoms with Crippen molar-refractivity contribution < 1.29 is 19.5 Å². The van der Waals surface area contributed by atoms with Crippen LogP contribution in [0, 0.1) is 5.92 Å². The van der Waals surface area contributed by atoms with E-state index >= 15 is 0 Å². The van der Waals surface area contributed by atoms with Gasteiger partial charge in [-0.05, 0) is 34.5 Å². The van der Waals surface area contributed by atoms with Crippen molar-refractivity contribution in [3.8, 4) is 0 Å². The average molecular weight is 355 g/mol. The summed E-state index contributed by atoms with van der Waals surface area (Å²) < 4.78 is 0.783. The lowest BCUT2D eigenvalue weighted by molar-refractivity contribution is -0.146. The number of aliphatic carboxylic acids is 1. The molecule has 1 atom stereocenters. The van der Waals surface area contributed by atoms with E-state index < -0.39 is 24.3 Å². The van der Waals surface area contributed by atoms with E-state index in [0.29, 0.717) is 13.0 Å². The molecule has 0 saturated carbocycles. The number of amides is 2. The number of carboxylic acids is 1. The number of hydrogen-bond acceptors (Lipinski definition) is 3. The molecule has 6 nitrogen and oxygen atoms in total. The molecular formula is C14H15BrN2O4. The van der Waals surface area contributed by atoms with Crippen LogP contribution in [0.4, 0.5) is 5.69 Å². The van der Waals surface area contributed by atoms with Crippen molar-refractivity contribution in [3.63, 3.8) is 0 Å². The Bertz CT molecular complexity index is 590. The van der Waals surface area contributed by atoms with E-state index in [9.17, 15) is 14.4 Å². The molecule has 0 radical (unpaired) electrons. The Morgan fingerprint density at radius 3 is 2.71 bits per heavy atom. The van der Waals surface area contributed by atoms with E-state index in [4.69, 9.17) is 5.11 Å². The molecule has 2 amide bonds. The number of carbonyl (C=O) groups is 3. The summed E-state index contributed by atoms with van der Waals surface area (Å²) in [4.78, 5) is 37.8. The quantitative estimate of drug-likeness (QED) is 0.827. The Labute approximate surface area is 130 Å². The summed E-state index contributed by atoms with van der Waals surface area (Å²) in [5.41, 5.74) is 0.721. The van der Waals surface area contributed by atoms with Crippen molar-refractivity contribution in [2.75, 3.05) is 25.0 Å². The topological polar surface area (TPSA) is 77.9 Å². The van der Waals surface area contributed by atoms with Crippen LogP contribution in [-0.4, -0.2) is 47.9 Å². The zero-order chi connectivity index (χ0) is 15.6. The molecule has 1 saturated heterocycles. The molecule has 21 heavy (non-hydrogen) atoms. The molecule has 2 rings (SSSR count). The van der Waals surface area contributed by atoms with Crippen LogP contribution < -0.4 is 4.90 Å². The van der Waals surface area contributed by atoms with Crippen molar-refractivity contribution in [1.29, 1.82) is 0 Å². The number of nitrogens with zero attached hydrogens (tertiary/aromatic N) is 2. The first-order chi connectivity index (χ1) is 9.91. The summed E-state index contributed by atoms with van der Waals surface area (Å²) >= 11 is 3.39. The maximum atomic E-state index is 12.4. The van der Waals surface area contributed by atoms with Crippen molar-refractivity contribution in [1.82, 2.24) is 4.90 Å². The highest BCUT2D eigenvalue weighted by Gasteiger charge is 2.39. The first kappa shape index (κ1) is 15.5. The number of hydrogen-bond donors (Lipinski definition) is 1. The summed E-state index contributed by atoms with van der Waals surface area (Å²) in [6, 6.07) is 7.29. The van der Waals surface area contributed by atoms with E-state index in [1.807, 2.05) is 18.2 Å². The number of carboxylic acid groups (broad SMARTS) is 1. The van der Waals surface area contributed by atoms with E-state index in [1.54, 1.807) is 11.0 Å². The first-order valence-corrected chi connectivity index (χ1v) is 7.23. The predicted molar refractivity (Wildman–Crippen MR) is 79.9 cm³/mol. The van der Waals surface area contributed by atoms with Crippen LogP contribution in [0.25, 0.3) is 0 Å². The lowest BCUT2D eigenvalue weighted by atomic mass is 10.1. The molecule has 0 aliphatic carbocycles.